The van der Waals surface area contributed by atoms with Crippen molar-refractivity contribution >= 4 is 46.2 Å². The highest BCUT2D eigenvalue weighted by Crippen LogP contribution is 2.21. The van der Waals surface area contributed by atoms with Crippen molar-refractivity contribution in [1.82, 2.24) is 20.6 Å². The highest BCUT2D eigenvalue weighted by Gasteiger charge is 2.28. The zero-order valence-electron chi connectivity index (χ0n) is 17.7. The molecule has 1 aliphatic rings. The lowest BCUT2D eigenvalue weighted by atomic mass is 10.1. The molecule has 3 aromatic rings. The van der Waals surface area contributed by atoms with Gasteiger partial charge in [-0.3, -0.25) is 14.4 Å². The van der Waals surface area contributed by atoms with Crippen LogP contribution in [0.5, 0.6) is 0 Å². The van der Waals surface area contributed by atoms with E-state index in [2.05, 4.69) is 25.9 Å². The molecule has 166 valence electrons. The molecule has 0 spiro atoms. The van der Waals surface area contributed by atoms with Gasteiger partial charge in [0.2, 0.25) is 11.8 Å². The SMILES string of the molecule is CSCC[C@H](NC(=O)CC[C@@H]1NC(=O)c2ccccc2NC1=O)c1nc2ccccc2[nH]1. The van der Waals surface area contributed by atoms with Gasteiger partial charge in [-0.15, -0.1) is 0 Å². The Kier molecular flexibility index (Phi) is 6.75. The van der Waals surface area contributed by atoms with Gasteiger partial charge in [0.05, 0.1) is 28.3 Å². The van der Waals surface area contributed by atoms with Gasteiger partial charge in [-0.2, -0.15) is 11.8 Å². The summed E-state index contributed by atoms with van der Waals surface area (Å²) >= 11 is 1.70. The van der Waals surface area contributed by atoms with E-state index in [1.54, 1.807) is 36.0 Å². The number of amides is 3. The summed E-state index contributed by atoms with van der Waals surface area (Å²) in [6, 6.07) is 13.5. The van der Waals surface area contributed by atoms with Gasteiger partial charge in [0, 0.05) is 6.42 Å². The van der Waals surface area contributed by atoms with Crippen molar-refractivity contribution in [2.45, 2.75) is 31.3 Å². The normalized spacial score (nSPS) is 16.6. The molecule has 0 aliphatic carbocycles. The van der Waals surface area contributed by atoms with Gasteiger partial charge in [-0.25, -0.2) is 4.98 Å². The van der Waals surface area contributed by atoms with E-state index >= 15 is 0 Å². The fraction of sp³-hybridized carbons (Fsp3) is 0.304. The predicted molar refractivity (Wildman–Crippen MR) is 126 cm³/mol. The number of thioether (sulfide) groups is 1. The summed E-state index contributed by atoms with van der Waals surface area (Å²) in [7, 11) is 0. The fourth-order valence-electron chi connectivity index (χ4n) is 3.71. The van der Waals surface area contributed by atoms with E-state index in [4.69, 9.17) is 0 Å². The van der Waals surface area contributed by atoms with Crippen LogP contribution in [0.3, 0.4) is 0 Å². The number of carbonyl (C=O) groups is 3. The maximum Gasteiger partial charge on any atom is 0.254 e. The number of imidazole rings is 1. The smallest absolute Gasteiger partial charge is 0.254 e. The Morgan fingerprint density at radius 3 is 2.75 bits per heavy atom. The molecule has 3 amide bonds. The first-order valence-electron chi connectivity index (χ1n) is 10.5. The van der Waals surface area contributed by atoms with Crippen molar-refractivity contribution < 1.29 is 14.4 Å². The molecule has 2 atom stereocenters. The van der Waals surface area contributed by atoms with E-state index in [-0.39, 0.29) is 36.6 Å². The number of para-hydroxylation sites is 3. The Hall–Kier alpha value is -3.33. The lowest BCUT2D eigenvalue weighted by Gasteiger charge is -2.18. The molecule has 32 heavy (non-hydrogen) atoms. The average molecular weight is 452 g/mol. The van der Waals surface area contributed by atoms with Gasteiger partial charge in [-0.1, -0.05) is 24.3 Å². The highest BCUT2D eigenvalue weighted by atomic mass is 32.2. The maximum absolute atomic E-state index is 12.7. The van der Waals surface area contributed by atoms with Crippen LogP contribution in [0.25, 0.3) is 11.0 Å². The lowest BCUT2D eigenvalue weighted by Crippen LogP contribution is -2.42. The largest absolute Gasteiger partial charge is 0.346 e. The first kappa shape index (κ1) is 21.9. The number of aromatic amines is 1. The Labute approximate surface area is 189 Å². The van der Waals surface area contributed by atoms with Gasteiger partial charge in [0.15, 0.2) is 0 Å². The summed E-state index contributed by atoms with van der Waals surface area (Å²) in [4.78, 5) is 45.7. The third-order valence-corrected chi connectivity index (χ3v) is 6.04. The first-order valence-corrected chi connectivity index (χ1v) is 11.9. The third-order valence-electron chi connectivity index (χ3n) is 5.40. The molecule has 0 fully saturated rings. The van der Waals surface area contributed by atoms with Crippen LogP contribution < -0.4 is 16.0 Å². The number of nitrogens with zero attached hydrogens (tertiary/aromatic N) is 1. The molecule has 2 heterocycles. The molecule has 8 nitrogen and oxygen atoms in total. The van der Waals surface area contributed by atoms with Gasteiger partial charge >= 0.3 is 0 Å². The van der Waals surface area contributed by atoms with Gasteiger partial charge in [0.25, 0.3) is 5.91 Å². The second-order valence-corrected chi connectivity index (χ2v) is 8.63. The molecule has 1 aliphatic heterocycles. The number of aromatic nitrogens is 2. The van der Waals surface area contributed by atoms with Gasteiger partial charge < -0.3 is 20.9 Å². The Balaban J connectivity index is 1.40. The quantitative estimate of drug-likeness (QED) is 0.420. The minimum absolute atomic E-state index is 0.102. The molecular weight excluding hydrogens is 426 g/mol. The van der Waals surface area contributed by atoms with Crippen molar-refractivity contribution in [3.05, 3.63) is 59.9 Å². The fourth-order valence-corrected chi connectivity index (χ4v) is 4.18. The second kappa shape index (κ2) is 9.86. The average Bonchev–Trinajstić information content (AvgIpc) is 3.18. The molecule has 0 saturated heterocycles. The number of hydrogen-bond donors (Lipinski definition) is 4. The molecule has 0 bridgehead atoms. The van der Waals surface area contributed by atoms with Crippen LogP contribution in [-0.4, -0.2) is 45.7 Å². The number of H-pyrrole nitrogens is 1. The van der Waals surface area contributed by atoms with Crippen LogP contribution in [-0.2, 0) is 9.59 Å². The Morgan fingerprint density at radius 2 is 1.94 bits per heavy atom. The zero-order valence-corrected chi connectivity index (χ0v) is 18.5. The standard InChI is InChI=1S/C23H25N5O3S/c1-32-13-12-18(21-25-16-8-4-5-9-17(16)26-21)24-20(29)11-10-19-23(31)27-15-7-3-2-6-14(15)22(30)28-19/h2-9,18-19H,10-13H2,1H3,(H,24,29)(H,25,26)(H,27,31)(H,28,30)/t18-,19-/m0/s1. The van der Waals surface area contributed by atoms with E-state index in [1.807, 2.05) is 30.5 Å². The van der Waals surface area contributed by atoms with E-state index < -0.39 is 6.04 Å². The molecule has 4 rings (SSSR count). The van der Waals surface area contributed by atoms with Crippen molar-refractivity contribution in [3.8, 4) is 0 Å². The van der Waals surface area contributed by atoms with Crippen LogP contribution in [0.15, 0.2) is 48.5 Å². The number of hydrogen-bond acceptors (Lipinski definition) is 5. The summed E-state index contributed by atoms with van der Waals surface area (Å²) in [6.07, 6.45) is 3.04. The molecule has 0 unspecified atom stereocenters. The first-order chi connectivity index (χ1) is 15.5. The second-order valence-electron chi connectivity index (χ2n) is 7.64. The number of nitrogens with one attached hydrogen (secondary N) is 4. The summed E-state index contributed by atoms with van der Waals surface area (Å²) < 4.78 is 0. The van der Waals surface area contributed by atoms with Crippen molar-refractivity contribution in [1.29, 1.82) is 0 Å². The minimum Gasteiger partial charge on any atom is -0.346 e. The zero-order chi connectivity index (χ0) is 22.5. The molecule has 4 N–H and O–H groups in total. The van der Waals surface area contributed by atoms with E-state index in [0.29, 0.717) is 17.1 Å². The molecule has 1 aromatic heterocycles. The number of benzene rings is 2. The molecule has 0 saturated carbocycles. The van der Waals surface area contributed by atoms with E-state index in [9.17, 15) is 14.4 Å². The summed E-state index contributed by atoms with van der Waals surface area (Å²) in [6.45, 7) is 0. The van der Waals surface area contributed by atoms with Crippen molar-refractivity contribution in [2.75, 3.05) is 17.3 Å². The topological polar surface area (TPSA) is 116 Å². The lowest BCUT2D eigenvalue weighted by molar-refractivity contribution is -0.122. The predicted octanol–water partition coefficient (Wildman–Crippen LogP) is 3.00. The molecule has 9 heteroatoms. The van der Waals surface area contributed by atoms with Gasteiger partial charge in [-0.05, 0) is 49.1 Å². The molecule has 2 aromatic carbocycles. The highest BCUT2D eigenvalue weighted by molar-refractivity contribution is 7.98. The van der Waals surface area contributed by atoms with Crippen LogP contribution in [0, 0.1) is 0 Å². The van der Waals surface area contributed by atoms with Crippen molar-refractivity contribution in [2.24, 2.45) is 0 Å². The van der Waals surface area contributed by atoms with Crippen molar-refractivity contribution in [3.63, 3.8) is 0 Å². The third kappa shape index (κ3) is 4.94. The van der Waals surface area contributed by atoms with E-state index in [0.717, 1.165) is 23.2 Å². The van der Waals surface area contributed by atoms with Gasteiger partial charge in [0.1, 0.15) is 11.9 Å². The Morgan fingerprint density at radius 1 is 1.16 bits per heavy atom. The number of fused-ring (bicyclic) bond motifs is 2. The summed E-state index contributed by atoms with van der Waals surface area (Å²) in [5.74, 6) is 0.725. The molecular formula is C23H25N5O3S. The molecule has 0 radical (unpaired) electrons. The summed E-state index contributed by atoms with van der Waals surface area (Å²) in [5, 5.41) is 8.53. The number of rotatable bonds is 8. The number of anilines is 1. The van der Waals surface area contributed by atoms with E-state index in [1.165, 1.54) is 0 Å². The van der Waals surface area contributed by atoms with Crippen LogP contribution in [0.1, 0.15) is 41.5 Å². The summed E-state index contributed by atoms with van der Waals surface area (Å²) in [5.41, 5.74) is 2.66. The maximum atomic E-state index is 12.7. The van der Waals surface area contributed by atoms with Crippen LogP contribution in [0.4, 0.5) is 5.69 Å². The van der Waals surface area contributed by atoms with Crippen LogP contribution in [0.2, 0.25) is 0 Å². The van der Waals surface area contributed by atoms with Crippen LogP contribution >= 0.6 is 11.8 Å². The monoisotopic (exact) mass is 451 g/mol. The minimum atomic E-state index is -0.781. The Bertz CT molecular complexity index is 1110. The number of carbonyl (C=O) groups excluding carboxylic acids is 3.